The molecule has 2 aromatic rings. The molecule has 4 nitrogen and oxygen atoms in total. The summed E-state index contributed by atoms with van der Waals surface area (Å²) in [6, 6.07) is 3.08. The highest BCUT2D eigenvalue weighted by atomic mass is 35.5. The lowest BCUT2D eigenvalue weighted by molar-refractivity contribution is 0.279. The average Bonchev–Trinajstić information content (AvgIpc) is 2.83. The van der Waals surface area contributed by atoms with Crippen molar-refractivity contribution in [3.63, 3.8) is 0 Å². The van der Waals surface area contributed by atoms with Gasteiger partial charge in [-0.2, -0.15) is 9.78 Å². The van der Waals surface area contributed by atoms with E-state index >= 15 is 0 Å². The van der Waals surface area contributed by atoms with Crippen LogP contribution in [0.3, 0.4) is 0 Å². The molecule has 0 saturated carbocycles. The lowest BCUT2D eigenvalue weighted by Gasteiger charge is -2.13. The lowest BCUT2D eigenvalue weighted by atomic mass is 10.2. The van der Waals surface area contributed by atoms with Gasteiger partial charge in [0.1, 0.15) is 10.8 Å². The van der Waals surface area contributed by atoms with Gasteiger partial charge in [-0.25, -0.2) is 0 Å². The summed E-state index contributed by atoms with van der Waals surface area (Å²) in [6.07, 6.45) is 4.85. The van der Waals surface area contributed by atoms with Crippen LogP contribution in [0.15, 0.2) is 16.9 Å². The van der Waals surface area contributed by atoms with E-state index in [0.29, 0.717) is 21.5 Å². The fourth-order valence-corrected chi connectivity index (χ4v) is 2.94. The zero-order valence-corrected chi connectivity index (χ0v) is 14.6. The van der Waals surface area contributed by atoms with E-state index in [2.05, 4.69) is 11.0 Å². The molecule has 2 rings (SSSR count). The normalized spacial score (nSPS) is 12.2. The molecule has 0 radical (unpaired) electrons. The molecule has 116 valence electrons. The lowest BCUT2D eigenvalue weighted by Crippen LogP contribution is -2.14. The summed E-state index contributed by atoms with van der Waals surface area (Å²) in [5.74, 6) is 2.96. The molecule has 0 saturated heterocycles. The number of halogens is 2. The Morgan fingerprint density at radius 1 is 1.32 bits per heavy atom. The molecule has 0 bridgehead atoms. The van der Waals surface area contributed by atoms with Crippen LogP contribution in [-0.4, -0.2) is 15.9 Å². The van der Waals surface area contributed by atoms with Gasteiger partial charge in [-0.15, -0.1) is 6.42 Å². The van der Waals surface area contributed by atoms with Crippen molar-refractivity contribution in [2.24, 2.45) is 0 Å². The zero-order valence-electron chi connectivity index (χ0n) is 12.3. The molecule has 1 unspecified atom stereocenters. The van der Waals surface area contributed by atoms with Crippen molar-refractivity contribution in [3.8, 4) is 23.8 Å². The van der Waals surface area contributed by atoms with E-state index in [1.54, 1.807) is 13.0 Å². The zero-order chi connectivity index (χ0) is 16.4. The van der Waals surface area contributed by atoms with Crippen molar-refractivity contribution in [3.05, 3.63) is 36.9 Å². The van der Waals surface area contributed by atoms with Crippen LogP contribution in [0, 0.1) is 12.3 Å². The standard InChI is InChI=1S/C15H14Cl2N2O2S/c1-5-9(4)21-13-7-12(10(16)6-11(13)17)19-15(20)22-14(18-19)8(2)3/h1,6-9H,2-4H3. The molecular weight excluding hydrogens is 343 g/mol. The molecule has 0 spiro atoms. The molecule has 0 fully saturated rings. The maximum atomic E-state index is 12.1. The summed E-state index contributed by atoms with van der Waals surface area (Å²) >= 11 is 13.4. The highest BCUT2D eigenvalue weighted by molar-refractivity contribution is 7.09. The van der Waals surface area contributed by atoms with E-state index in [1.165, 1.54) is 10.7 Å². The maximum Gasteiger partial charge on any atom is 0.329 e. The number of nitrogens with zero attached hydrogens (tertiary/aromatic N) is 2. The summed E-state index contributed by atoms with van der Waals surface area (Å²) in [4.78, 5) is 11.9. The summed E-state index contributed by atoms with van der Waals surface area (Å²) in [7, 11) is 0. The fraction of sp³-hybridized carbons (Fsp3) is 0.333. The Morgan fingerprint density at radius 3 is 2.55 bits per heavy atom. The highest BCUT2D eigenvalue weighted by Crippen LogP contribution is 2.33. The SMILES string of the molecule is C#CC(C)Oc1cc(-n2nc(C(C)C)sc2=O)c(Cl)cc1Cl. The minimum Gasteiger partial charge on any atom is -0.476 e. The van der Waals surface area contributed by atoms with Crippen molar-refractivity contribution < 1.29 is 4.74 Å². The molecule has 1 aromatic carbocycles. The Balaban J connectivity index is 2.54. The second kappa shape index (κ2) is 6.74. The first kappa shape index (κ1) is 16.9. The van der Waals surface area contributed by atoms with E-state index < -0.39 is 6.10 Å². The molecular formula is C15H14Cl2N2O2S. The van der Waals surface area contributed by atoms with Gasteiger partial charge < -0.3 is 4.74 Å². The minimum absolute atomic E-state index is 0.155. The number of hydrogen-bond donors (Lipinski definition) is 0. The van der Waals surface area contributed by atoms with Crippen molar-refractivity contribution in [1.29, 1.82) is 0 Å². The van der Waals surface area contributed by atoms with E-state index in [0.717, 1.165) is 16.3 Å². The molecule has 0 aliphatic carbocycles. The molecule has 7 heteroatoms. The predicted molar refractivity (Wildman–Crippen MR) is 90.7 cm³/mol. The monoisotopic (exact) mass is 356 g/mol. The van der Waals surface area contributed by atoms with Gasteiger partial charge in [-0.3, -0.25) is 4.79 Å². The molecule has 0 N–H and O–H groups in total. The quantitative estimate of drug-likeness (QED) is 0.773. The number of ether oxygens (including phenoxy) is 1. The first-order chi connectivity index (χ1) is 10.3. The van der Waals surface area contributed by atoms with Crippen molar-refractivity contribution in [1.82, 2.24) is 9.78 Å². The van der Waals surface area contributed by atoms with Crippen molar-refractivity contribution >= 4 is 34.5 Å². The first-order valence-corrected chi connectivity index (χ1v) is 8.13. The van der Waals surface area contributed by atoms with Crippen LogP contribution in [0.2, 0.25) is 10.0 Å². The summed E-state index contributed by atoms with van der Waals surface area (Å²) in [6.45, 7) is 5.65. The van der Waals surface area contributed by atoms with Crippen LogP contribution in [0.25, 0.3) is 5.69 Å². The number of aromatic nitrogens is 2. The topological polar surface area (TPSA) is 44.1 Å². The van der Waals surface area contributed by atoms with Crippen LogP contribution < -0.4 is 9.61 Å². The number of rotatable bonds is 4. The van der Waals surface area contributed by atoms with Gasteiger partial charge in [-0.1, -0.05) is 54.3 Å². The molecule has 0 aliphatic rings. The number of hydrogen-bond acceptors (Lipinski definition) is 4. The van der Waals surface area contributed by atoms with E-state index in [1.807, 2.05) is 13.8 Å². The first-order valence-electron chi connectivity index (χ1n) is 6.55. The molecule has 1 atom stereocenters. The molecule has 22 heavy (non-hydrogen) atoms. The Labute approximate surface area is 142 Å². The van der Waals surface area contributed by atoms with Gasteiger partial charge in [0.05, 0.1) is 15.7 Å². The van der Waals surface area contributed by atoms with E-state index in [4.69, 9.17) is 34.4 Å². The van der Waals surface area contributed by atoms with Gasteiger partial charge in [0.15, 0.2) is 6.10 Å². The third kappa shape index (κ3) is 3.46. The van der Waals surface area contributed by atoms with E-state index in [-0.39, 0.29) is 10.8 Å². The molecule has 1 aromatic heterocycles. The maximum absolute atomic E-state index is 12.1. The smallest absolute Gasteiger partial charge is 0.329 e. The Bertz CT molecular complexity index is 790. The minimum atomic E-state index is -0.454. The molecule has 0 aliphatic heterocycles. The summed E-state index contributed by atoms with van der Waals surface area (Å²) in [5.41, 5.74) is 0.415. The Kier molecular flexibility index (Phi) is 5.17. The van der Waals surface area contributed by atoms with Crippen LogP contribution in [0.1, 0.15) is 31.7 Å². The van der Waals surface area contributed by atoms with Crippen LogP contribution in [0.5, 0.6) is 5.75 Å². The molecule has 0 amide bonds. The highest BCUT2D eigenvalue weighted by Gasteiger charge is 2.17. The van der Waals surface area contributed by atoms with Gasteiger partial charge in [0.25, 0.3) is 0 Å². The average molecular weight is 357 g/mol. The van der Waals surface area contributed by atoms with Crippen LogP contribution in [0.4, 0.5) is 0 Å². The summed E-state index contributed by atoms with van der Waals surface area (Å²) < 4.78 is 6.80. The Hall–Kier alpha value is -1.48. The van der Waals surface area contributed by atoms with Gasteiger partial charge >= 0.3 is 4.87 Å². The van der Waals surface area contributed by atoms with Gasteiger partial charge in [0, 0.05) is 12.0 Å². The third-order valence-corrected chi connectivity index (χ3v) is 4.53. The van der Waals surface area contributed by atoms with Crippen molar-refractivity contribution in [2.75, 3.05) is 0 Å². The summed E-state index contributed by atoms with van der Waals surface area (Å²) in [5, 5.41) is 5.68. The van der Waals surface area contributed by atoms with E-state index in [9.17, 15) is 4.79 Å². The second-order valence-corrected chi connectivity index (χ2v) is 6.72. The van der Waals surface area contributed by atoms with Crippen molar-refractivity contribution in [2.45, 2.75) is 32.8 Å². The fourth-order valence-electron chi connectivity index (χ4n) is 1.67. The number of terminal acetylenes is 1. The molecule has 1 heterocycles. The van der Waals surface area contributed by atoms with Crippen LogP contribution in [-0.2, 0) is 0 Å². The third-order valence-electron chi connectivity index (χ3n) is 2.83. The van der Waals surface area contributed by atoms with Gasteiger partial charge in [-0.05, 0) is 13.0 Å². The van der Waals surface area contributed by atoms with Crippen LogP contribution >= 0.6 is 34.5 Å². The second-order valence-electron chi connectivity index (χ2n) is 4.93. The predicted octanol–water partition coefficient (Wildman–Crippen LogP) is 4.12. The number of benzene rings is 1. The van der Waals surface area contributed by atoms with Gasteiger partial charge in [0.2, 0.25) is 0 Å². The largest absolute Gasteiger partial charge is 0.476 e. The Morgan fingerprint density at radius 2 is 2.00 bits per heavy atom.